The van der Waals surface area contributed by atoms with Crippen molar-refractivity contribution in [1.82, 2.24) is 10.3 Å². The Labute approximate surface area is 171 Å². The van der Waals surface area contributed by atoms with Crippen molar-refractivity contribution < 1.29 is 13.9 Å². The van der Waals surface area contributed by atoms with E-state index in [-0.39, 0.29) is 11.7 Å². The van der Waals surface area contributed by atoms with E-state index in [1.54, 1.807) is 0 Å². The zero-order valence-electron chi connectivity index (χ0n) is 16.9. The number of oxazole rings is 1. The number of carbonyl (C=O) groups is 1. The number of nitrogens with zero attached hydrogens (tertiary/aromatic N) is 1. The molecule has 29 heavy (non-hydrogen) atoms. The molecule has 3 N–H and O–H groups in total. The minimum atomic E-state index is -0.614. The van der Waals surface area contributed by atoms with Crippen molar-refractivity contribution in [3.8, 4) is 22.8 Å². The van der Waals surface area contributed by atoms with Crippen LogP contribution in [0, 0.1) is 0 Å². The minimum Gasteiger partial charge on any atom is -0.457 e. The Hall–Kier alpha value is -3.12. The van der Waals surface area contributed by atoms with Crippen LogP contribution in [0.4, 0.5) is 0 Å². The van der Waals surface area contributed by atoms with E-state index in [2.05, 4.69) is 10.3 Å². The lowest BCUT2D eigenvalue weighted by Gasteiger charge is -2.19. The summed E-state index contributed by atoms with van der Waals surface area (Å²) < 4.78 is 11.5. The number of hydrogen-bond donors (Lipinski definition) is 2. The second-order valence-corrected chi connectivity index (χ2v) is 6.58. The van der Waals surface area contributed by atoms with E-state index in [9.17, 15) is 4.79 Å². The molecule has 1 aliphatic rings. The van der Waals surface area contributed by atoms with Crippen LogP contribution >= 0.6 is 0 Å². The zero-order valence-corrected chi connectivity index (χ0v) is 16.9. The fraction of sp³-hybridized carbons (Fsp3) is 0.304. The summed E-state index contributed by atoms with van der Waals surface area (Å²) in [5.41, 5.74) is 6.76. The molecular formula is C23H27N3O3. The van der Waals surface area contributed by atoms with Crippen LogP contribution < -0.4 is 15.8 Å². The Morgan fingerprint density at radius 2 is 1.79 bits per heavy atom. The third-order valence-corrected chi connectivity index (χ3v) is 4.62. The van der Waals surface area contributed by atoms with Gasteiger partial charge in [-0.3, -0.25) is 4.79 Å². The summed E-state index contributed by atoms with van der Waals surface area (Å²) in [6.07, 6.45) is 2.04. The van der Waals surface area contributed by atoms with Gasteiger partial charge in [0.15, 0.2) is 5.89 Å². The first-order valence-electron chi connectivity index (χ1n) is 10.1. The van der Waals surface area contributed by atoms with Gasteiger partial charge < -0.3 is 20.2 Å². The highest BCUT2D eigenvalue weighted by molar-refractivity contribution is 5.96. The second kappa shape index (κ2) is 9.89. The van der Waals surface area contributed by atoms with Crippen molar-refractivity contribution in [2.24, 2.45) is 5.73 Å². The number of hydrogen-bond acceptors (Lipinski definition) is 5. The van der Waals surface area contributed by atoms with Crippen LogP contribution in [0.15, 0.2) is 59.0 Å². The van der Waals surface area contributed by atoms with Gasteiger partial charge in [-0.1, -0.05) is 32.0 Å². The average Bonchev–Trinajstić information content (AvgIpc) is 3.23. The van der Waals surface area contributed by atoms with Crippen LogP contribution in [0.5, 0.6) is 11.5 Å². The maximum atomic E-state index is 11.8. The fourth-order valence-corrected chi connectivity index (χ4v) is 3.24. The Kier molecular flexibility index (Phi) is 7.03. The Morgan fingerprint density at radius 3 is 2.41 bits per heavy atom. The summed E-state index contributed by atoms with van der Waals surface area (Å²) in [4.78, 5) is 16.4. The molecule has 4 rings (SSSR count). The van der Waals surface area contributed by atoms with Crippen molar-refractivity contribution in [2.75, 3.05) is 13.1 Å². The van der Waals surface area contributed by atoms with Crippen LogP contribution in [0.25, 0.3) is 11.3 Å². The molecular weight excluding hydrogens is 366 g/mol. The first-order valence-corrected chi connectivity index (χ1v) is 10.1. The Balaban J connectivity index is 0.00000117. The Bertz CT molecular complexity index is 914. The summed E-state index contributed by atoms with van der Waals surface area (Å²) in [6.45, 7) is 5.79. The molecule has 1 aliphatic heterocycles. The van der Waals surface area contributed by atoms with Crippen molar-refractivity contribution in [3.05, 3.63) is 66.2 Å². The molecule has 1 saturated heterocycles. The maximum Gasteiger partial charge on any atom is 0.286 e. The van der Waals surface area contributed by atoms with E-state index in [4.69, 9.17) is 14.9 Å². The monoisotopic (exact) mass is 393 g/mol. The third kappa shape index (κ3) is 5.03. The van der Waals surface area contributed by atoms with Gasteiger partial charge in [-0.05, 0) is 55.8 Å². The lowest BCUT2D eigenvalue weighted by Crippen LogP contribution is -2.28. The molecule has 1 aromatic heterocycles. The van der Waals surface area contributed by atoms with E-state index in [1.807, 2.05) is 68.4 Å². The van der Waals surface area contributed by atoms with E-state index in [1.165, 1.54) is 0 Å². The lowest BCUT2D eigenvalue weighted by molar-refractivity contribution is 0.0972. The second-order valence-electron chi connectivity index (χ2n) is 6.58. The molecule has 6 nitrogen and oxygen atoms in total. The lowest BCUT2D eigenvalue weighted by atomic mass is 10.00. The summed E-state index contributed by atoms with van der Waals surface area (Å²) in [5, 5.41) is 3.33. The highest BCUT2D eigenvalue weighted by atomic mass is 16.5. The number of nitrogens with one attached hydrogen (secondary N) is 1. The van der Waals surface area contributed by atoms with Gasteiger partial charge in [0.25, 0.3) is 5.91 Å². The zero-order chi connectivity index (χ0) is 20.6. The highest BCUT2D eigenvalue weighted by Crippen LogP contribution is 2.31. The molecule has 0 spiro atoms. The van der Waals surface area contributed by atoms with Gasteiger partial charge in [-0.2, -0.15) is 0 Å². The number of piperidine rings is 1. The molecule has 152 valence electrons. The average molecular weight is 393 g/mol. The van der Waals surface area contributed by atoms with E-state index in [0.717, 1.165) is 37.2 Å². The van der Waals surface area contributed by atoms with Crippen LogP contribution in [-0.4, -0.2) is 24.0 Å². The largest absolute Gasteiger partial charge is 0.457 e. The molecule has 2 aromatic carbocycles. The van der Waals surface area contributed by atoms with Crippen molar-refractivity contribution in [3.63, 3.8) is 0 Å². The van der Waals surface area contributed by atoms with Gasteiger partial charge in [0, 0.05) is 18.0 Å². The van der Waals surface area contributed by atoms with E-state index >= 15 is 0 Å². The molecule has 1 amide bonds. The summed E-state index contributed by atoms with van der Waals surface area (Å²) in [5.74, 6) is 1.67. The molecule has 1 atom stereocenters. The SMILES string of the molecule is CC.NC(=O)c1oc(C2CCCNC2)nc1-c1ccc(Oc2ccccc2)cc1. The number of aromatic nitrogens is 1. The number of carbonyl (C=O) groups excluding carboxylic acids is 1. The minimum absolute atomic E-state index is 0.104. The van der Waals surface area contributed by atoms with Gasteiger partial charge in [-0.15, -0.1) is 0 Å². The van der Waals surface area contributed by atoms with E-state index in [0.29, 0.717) is 17.3 Å². The summed E-state index contributed by atoms with van der Waals surface area (Å²) in [7, 11) is 0. The van der Waals surface area contributed by atoms with Gasteiger partial charge in [-0.25, -0.2) is 4.98 Å². The predicted molar refractivity (Wildman–Crippen MR) is 113 cm³/mol. The Morgan fingerprint density at radius 1 is 1.10 bits per heavy atom. The molecule has 0 radical (unpaired) electrons. The number of primary amides is 1. The maximum absolute atomic E-state index is 11.8. The van der Waals surface area contributed by atoms with Crippen molar-refractivity contribution in [1.29, 1.82) is 0 Å². The predicted octanol–water partition coefficient (Wildman–Crippen LogP) is 4.73. The van der Waals surface area contributed by atoms with Crippen LogP contribution in [-0.2, 0) is 0 Å². The number of benzene rings is 2. The molecule has 0 aliphatic carbocycles. The normalized spacial score (nSPS) is 15.9. The smallest absolute Gasteiger partial charge is 0.286 e. The topological polar surface area (TPSA) is 90.4 Å². The standard InChI is InChI=1S/C21H21N3O3.C2H6/c22-20(25)19-18(24-21(27-19)15-5-4-12-23-13-15)14-8-10-17(11-9-14)26-16-6-2-1-3-7-16;1-2/h1-3,6-11,15,23H,4-5,12-13H2,(H2,22,25);1-2H3. The fourth-order valence-electron chi connectivity index (χ4n) is 3.24. The van der Waals surface area contributed by atoms with Gasteiger partial charge in [0.1, 0.15) is 17.2 Å². The van der Waals surface area contributed by atoms with Crippen LogP contribution in [0.2, 0.25) is 0 Å². The molecule has 1 fully saturated rings. The van der Waals surface area contributed by atoms with Gasteiger partial charge in [0.2, 0.25) is 5.76 Å². The van der Waals surface area contributed by atoms with Gasteiger partial charge >= 0.3 is 0 Å². The molecule has 1 unspecified atom stereocenters. The third-order valence-electron chi connectivity index (χ3n) is 4.62. The summed E-state index contributed by atoms with van der Waals surface area (Å²) in [6, 6.07) is 16.9. The quantitative estimate of drug-likeness (QED) is 0.654. The molecule has 0 saturated carbocycles. The summed E-state index contributed by atoms with van der Waals surface area (Å²) >= 11 is 0. The first kappa shape index (κ1) is 20.6. The van der Waals surface area contributed by atoms with Gasteiger partial charge in [0.05, 0.1) is 0 Å². The molecule has 2 heterocycles. The van der Waals surface area contributed by atoms with E-state index < -0.39 is 5.91 Å². The van der Waals surface area contributed by atoms with Crippen molar-refractivity contribution >= 4 is 5.91 Å². The number of ether oxygens (including phenoxy) is 1. The van der Waals surface area contributed by atoms with Crippen LogP contribution in [0.3, 0.4) is 0 Å². The number of amides is 1. The number of rotatable bonds is 5. The van der Waals surface area contributed by atoms with Crippen molar-refractivity contribution in [2.45, 2.75) is 32.6 Å². The molecule has 6 heteroatoms. The number of nitrogens with two attached hydrogens (primary N) is 1. The highest BCUT2D eigenvalue weighted by Gasteiger charge is 2.25. The molecule has 3 aromatic rings. The molecule has 0 bridgehead atoms. The first-order chi connectivity index (χ1) is 14.2. The van der Waals surface area contributed by atoms with Crippen LogP contribution in [0.1, 0.15) is 49.1 Å². The number of para-hydroxylation sites is 1.